The first kappa shape index (κ1) is 20.3. The smallest absolute Gasteiger partial charge is 0.393 e. The van der Waals surface area contributed by atoms with Crippen LogP contribution in [0.3, 0.4) is 0 Å². The summed E-state index contributed by atoms with van der Waals surface area (Å²) in [7, 11) is 0. The van der Waals surface area contributed by atoms with Crippen LogP contribution in [0.25, 0.3) is 0 Å². The molecule has 0 aromatic carbocycles. The number of carbonyl (C=O) groups is 1. The van der Waals surface area contributed by atoms with Gasteiger partial charge in [-0.3, -0.25) is 4.79 Å². The van der Waals surface area contributed by atoms with Crippen molar-refractivity contribution in [1.82, 2.24) is 14.9 Å². The summed E-state index contributed by atoms with van der Waals surface area (Å²) < 4.78 is 52.2. The van der Waals surface area contributed by atoms with Crippen molar-refractivity contribution in [2.45, 2.75) is 63.3 Å². The molecule has 3 heterocycles. The number of piperidine rings is 1. The van der Waals surface area contributed by atoms with E-state index >= 15 is 0 Å². The lowest BCUT2D eigenvalue weighted by atomic mass is 9.78. The minimum absolute atomic E-state index is 0.0518. The molecule has 1 spiro atoms. The van der Waals surface area contributed by atoms with Gasteiger partial charge in [-0.05, 0) is 44.9 Å². The Kier molecular flexibility index (Phi) is 5.16. The second-order valence-electron chi connectivity index (χ2n) is 8.39. The molecule has 10 heteroatoms. The summed E-state index contributed by atoms with van der Waals surface area (Å²) >= 11 is 0. The van der Waals surface area contributed by atoms with Crippen molar-refractivity contribution >= 4 is 11.9 Å². The van der Waals surface area contributed by atoms with Crippen LogP contribution < -0.4 is 4.90 Å². The number of hydrogen-bond acceptors (Lipinski definition) is 5. The number of halogens is 4. The fourth-order valence-electron chi connectivity index (χ4n) is 4.94. The summed E-state index contributed by atoms with van der Waals surface area (Å²) in [4.78, 5) is 24.0. The van der Waals surface area contributed by atoms with E-state index in [9.17, 15) is 27.5 Å². The van der Waals surface area contributed by atoms with Crippen LogP contribution in [-0.2, 0) is 11.0 Å². The van der Waals surface area contributed by atoms with Gasteiger partial charge in [-0.2, -0.15) is 22.5 Å². The molecule has 2 aliphatic heterocycles. The van der Waals surface area contributed by atoms with Crippen LogP contribution >= 0.6 is 0 Å². The van der Waals surface area contributed by atoms with Crippen LogP contribution in [0.4, 0.5) is 23.5 Å². The largest absolute Gasteiger partial charge is 0.422 e. The number of anilines is 1. The highest BCUT2D eigenvalue weighted by atomic mass is 19.4. The molecule has 1 unspecified atom stereocenters. The lowest BCUT2D eigenvalue weighted by Crippen LogP contribution is -2.50. The number of aliphatic hydroxyl groups excluding tert-OH is 1. The van der Waals surface area contributed by atoms with Gasteiger partial charge in [0.25, 0.3) is 0 Å². The summed E-state index contributed by atoms with van der Waals surface area (Å²) in [6.45, 7) is 1.38. The van der Waals surface area contributed by atoms with Gasteiger partial charge in [0.2, 0.25) is 17.8 Å². The van der Waals surface area contributed by atoms with Crippen molar-refractivity contribution in [2.75, 3.05) is 24.5 Å². The molecule has 4 rings (SSSR count). The zero-order valence-corrected chi connectivity index (χ0v) is 16.0. The van der Waals surface area contributed by atoms with Crippen molar-refractivity contribution in [1.29, 1.82) is 0 Å². The zero-order valence-electron chi connectivity index (χ0n) is 16.0. The Hall–Kier alpha value is -1.97. The fraction of sp³-hybridized carbons (Fsp3) is 0.737. The molecule has 1 aliphatic carbocycles. The van der Waals surface area contributed by atoms with E-state index in [2.05, 4.69) is 9.97 Å². The van der Waals surface area contributed by atoms with Crippen LogP contribution in [0.2, 0.25) is 0 Å². The summed E-state index contributed by atoms with van der Waals surface area (Å²) in [6, 6.07) is 0.125. The maximum Gasteiger partial charge on any atom is 0.422 e. The Bertz CT molecular complexity index is 782. The Morgan fingerprint density at radius 1 is 1.14 bits per heavy atom. The molecule has 1 aromatic heterocycles. The first-order valence-electron chi connectivity index (χ1n) is 10.0. The summed E-state index contributed by atoms with van der Waals surface area (Å²) in [5.74, 6) is -1.65. The van der Waals surface area contributed by atoms with E-state index in [-0.39, 0.29) is 30.5 Å². The highest BCUT2D eigenvalue weighted by molar-refractivity contribution is 5.86. The van der Waals surface area contributed by atoms with Crippen LogP contribution in [0.5, 0.6) is 0 Å². The molecule has 1 amide bonds. The number of hydrogen-bond donors (Lipinski definition) is 1. The summed E-state index contributed by atoms with van der Waals surface area (Å²) in [5, 5.41) is 9.71. The highest BCUT2D eigenvalue weighted by Crippen LogP contribution is 2.43. The summed E-state index contributed by atoms with van der Waals surface area (Å²) in [5.41, 5.74) is -2.12. The molecule has 0 radical (unpaired) electrons. The first-order chi connectivity index (χ1) is 13.7. The van der Waals surface area contributed by atoms with Crippen molar-refractivity contribution in [3.05, 3.63) is 17.7 Å². The summed E-state index contributed by atoms with van der Waals surface area (Å²) in [6.07, 6.45) is 0.264. The van der Waals surface area contributed by atoms with Crippen LogP contribution in [0.15, 0.2) is 6.20 Å². The third kappa shape index (κ3) is 3.78. The molecule has 1 atom stereocenters. The number of rotatable bonds is 2. The van der Waals surface area contributed by atoms with Gasteiger partial charge in [0.15, 0.2) is 0 Å². The van der Waals surface area contributed by atoms with E-state index < -0.39 is 23.1 Å². The van der Waals surface area contributed by atoms with E-state index in [0.717, 1.165) is 12.8 Å². The van der Waals surface area contributed by atoms with Gasteiger partial charge in [0.1, 0.15) is 5.56 Å². The molecule has 3 aliphatic rings. The molecule has 6 nitrogen and oxygen atoms in total. The Morgan fingerprint density at radius 2 is 1.86 bits per heavy atom. The highest BCUT2D eigenvalue weighted by Gasteiger charge is 2.51. The van der Waals surface area contributed by atoms with Gasteiger partial charge >= 0.3 is 6.18 Å². The molecule has 2 saturated heterocycles. The van der Waals surface area contributed by atoms with Crippen molar-refractivity contribution in [3.8, 4) is 0 Å². The average Bonchev–Trinajstić information content (AvgIpc) is 2.97. The SMILES string of the molecule is O=C1N(C2CCC(O)CC2)CCC12CCCN(c1ncc(C(F)(F)F)c(F)n1)C2. The van der Waals surface area contributed by atoms with E-state index in [1.165, 1.54) is 0 Å². The average molecular weight is 416 g/mol. The maximum atomic E-state index is 13.9. The van der Waals surface area contributed by atoms with Crippen LogP contribution in [0, 0.1) is 11.4 Å². The Labute approximate surface area is 165 Å². The molecular formula is C19H24F4N4O2. The molecule has 0 bridgehead atoms. The maximum absolute atomic E-state index is 13.9. The van der Waals surface area contributed by atoms with Gasteiger partial charge in [-0.15, -0.1) is 0 Å². The molecule has 3 fully saturated rings. The number of amides is 1. The second kappa shape index (κ2) is 7.37. The predicted octanol–water partition coefficient (Wildman–Crippen LogP) is 2.76. The second-order valence-corrected chi connectivity index (χ2v) is 8.39. The van der Waals surface area contributed by atoms with E-state index in [1.54, 1.807) is 4.90 Å². The van der Waals surface area contributed by atoms with E-state index in [1.807, 2.05) is 4.90 Å². The van der Waals surface area contributed by atoms with E-state index in [0.29, 0.717) is 51.4 Å². The molecular weight excluding hydrogens is 392 g/mol. The van der Waals surface area contributed by atoms with Gasteiger partial charge < -0.3 is 14.9 Å². The molecule has 160 valence electrons. The minimum atomic E-state index is -4.85. The number of aliphatic hydroxyl groups is 1. The quantitative estimate of drug-likeness (QED) is 0.593. The van der Waals surface area contributed by atoms with Crippen molar-refractivity contribution < 1.29 is 27.5 Å². The number of aromatic nitrogens is 2. The number of nitrogens with zero attached hydrogens (tertiary/aromatic N) is 4. The van der Waals surface area contributed by atoms with Gasteiger partial charge in [-0.25, -0.2) is 4.98 Å². The number of alkyl halides is 3. The van der Waals surface area contributed by atoms with E-state index in [4.69, 9.17) is 0 Å². The van der Waals surface area contributed by atoms with Crippen molar-refractivity contribution in [2.24, 2.45) is 5.41 Å². The lowest BCUT2D eigenvalue weighted by molar-refractivity contribution is -0.140. The Morgan fingerprint density at radius 3 is 2.52 bits per heavy atom. The third-order valence-electron chi connectivity index (χ3n) is 6.55. The van der Waals surface area contributed by atoms with Crippen molar-refractivity contribution in [3.63, 3.8) is 0 Å². The van der Waals surface area contributed by atoms with Gasteiger partial charge in [0.05, 0.1) is 11.5 Å². The first-order valence-corrected chi connectivity index (χ1v) is 10.0. The zero-order chi connectivity index (χ0) is 20.8. The lowest BCUT2D eigenvalue weighted by Gasteiger charge is -2.40. The van der Waals surface area contributed by atoms with Gasteiger partial charge in [0, 0.05) is 31.9 Å². The normalized spacial score (nSPS) is 31.0. The Balaban J connectivity index is 1.50. The molecule has 29 heavy (non-hydrogen) atoms. The van der Waals surface area contributed by atoms with Crippen LogP contribution in [0.1, 0.15) is 50.5 Å². The topological polar surface area (TPSA) is 69.6 Å². The van der Waals surface area contributed by atoms with Gasteiger partial charge in [-0.1, -0.05) is 0 Å². The predicted molar refractivity (Wildman–Crippen MR) is 95.5 cm³/mol. The number of likely N-dealkylation sites (tertiary alicyclic amines) is 1. The minimum Gasteiger partial charge on any atom is -0.393 e. The molecule has 1 N–H and O–H groups in total. The molecule has 1 aromatic rings. The fourth-order valence-corrected chi connectivity index (χ4v) is 4.94. The van der Waals surface area contributed by atoms with Crippen LogP contribution in [-0.4, -0.2) is 57.7 Å². The number of carbonyl (C=O) groups excluding carboxylic acids is 1. The molecule has 1 saturated carbocycles. The third-order valence-corrected chi connectivity index (χ3v) is 6.55. The monoisotopic (exact) mass is 416 g/mol. The standard InChI is InChI=1S/C19H24F4N4O2/c20-15-14(19(21,22)23)10-24-17(25-15)26-8-1-6-18(11-26)7-9-27(16(18)29)12-2-4-13(28)5-3-12/h10,12-13,28H,1-9,11H2.